The van der Waals surface area contributed by atoms with Crippen LogP contribution >= 0.6 is 23.2 Å². The third-order valence-corrected chi connectivity index (χ3v) is 7.89. The first kappa shape index (κ1) is 19.6. The van der Waals surface area contributed by atoms with E-state index in [1.807, 2.05) is 12.2 Å². The van der Waals surface area contributed by atoms with E-state index in [2.05, 4.69) is 0 Å². The quantitative estimate of drug-likeness (QED) is 0.387. The average molecular weight is 464 g/mol. The largest absolute Gasteiger partial charge is 0.377 e. The van der Waals surface area contributed by atoms with E-state index in [-0.39, 0.29) is 50.0 Å². The molecule has 0 N–H and O–H groups in total. The topological polar surface area (TPSA) is 80.8 Å². The molecule has 30 heavy (non-hydrogen) atoms. The number of allylic oxidation sites excluding steroid dienone is 2. The molecular weight excluding hydrogens is 449 g/mol. The van der Waals surface area contributed by atoms with Crippen molar-refractivity contribution in [3.05, 3.63) is 64.7 Å². The molecule has 2 amide bonds. The van der Waals surface area contributed by atoms with Gasteiger partial charge in [0, 0.05) is 5.02 Å². The van der Waals surface area contributed by atoms with Crippen molar-refractivity contribution < 1.29 is 22.2 Å². The summed E-state index contributed by atoms with van der Waals surface area (Å²) in [6, 6.07) is 10.1. The second-order valence-corrected chi connectivity index (χ2v) is 9.95. The molecule has 154 valence electrons. The minimum Gasteiger partial charge on any atom is -0.377 e. The lowest BCUT2D eigenvalue weighted by Gasteiger charge is -2.20. The van der Waals surface area contributed by atoms with Crippen molar-refractivity contribution in [2.75, 3.05) is 4.90 Å². The number of carbonyl (C=O) groups excluding carboxylic acids is 2. The van der Waals surface area contributed by atoms with Gasteiger partial charge in [-0.25, -0.2) is 4.90 Å². The number of hydrogen-bond acceptors (Lipinski definition) is 5. The molecule has 2 aliphatic carbocycles. The Morgan fingerprint density at radius 3 is 2.23 bits per heavy atom. The lowest BCUT2D eigenvalue weighted by Crippen LogP contribution is -2.33. The molecule has 1 saturated carbocycles. The summed E-state index contributed by atoms with van der Waals surface area (Å²) < 4.78 is 31.0. The number of rotatable bonds is 4. The van der Waals surface area contributed by atoms with E-state index >= 15 is 0 Å². The van der Waals surface area contributed by atoms with Crippen LogP contribution in [0.15, 0.2) is 59.5 Å². The normalized spacial score (nSPS) is 27.1. The van der Waals surface area contributed by atoms with Crippen molar-refractivity contribution in [3.8, 4) is 5.75 Å². The molecule has 0 radical (unpaired) electrons. The maximum Gasteiger partial charge on any atom is 0.340 e. The van der Waals surface area contributed by atoms with E-state index in [1.165, 1.54) is 30.3 Å². The zero-order valence-electron chi connectivity index (χ0n) is 15.4. The average Bonchev–Trinajstić information content (AvgIpc) is 3.38. The number of benzene rings is 2. The molecule has 2 bridgehead atoms. The molecule has 1 saturated heterocycles. The second-order valence-electron chi connectivity index (χ2n) is 7.59. The molecule has 2 fully saturated rings. The molecule has 2 aromatic rings. The summed E-state index contributed by atoms with van der Waals surface area (Å²) in [6.07, 6.45) is 4.80. The third-order valence-electron chi connectivity index (χ3n) is 5.94. The van der Waals surface area contributed by atoms with Gasteiger partial charge in [-0.1, -0.05) is 47.5 Å². The van der Waals surface area contributed by atoms with E-state index in [9.17, 15) is 18.0 Å². The van der Waals surface area contributed by atoms with E-state index in [0.29, 0.717) is 0 Å². The van der Waals surface area contributed by atoms with Crippen LogP contribution in [0.4, 0.5) is 5.69 Å². The highest BCUT2D eigenvalue weighted by Crippen LogP contribution is 2.54. The minimum absolute atomic E-state index is 0.0449. The molecular formula is C21H15Cl2NO5S. The van der Waals surface area contributed by atoms with Crippen LogP contribution in [-0.2, 0) is 19.7 Å². The number of anilines is 1. The van der Waals surface area contributed by atoms with Gasteiger partial charge in [-0.3, -0.25) is 9.59 Å². The Kier molecular flexibility index (Phi) is 4.47. The fourth-order valence-electron chi connectivity index (χ4n) is 4.68. The maximum atomic E-state index is 13.1. The molecule has 6 nitrogen and oxygen atoms in total. The Labute approximate surface area is 183 Å². The van der Waals surface area contributed by atoms with E-state index in [0.717, 1.165) is 11.3 Å². The number of carbonyl (C=O) groups is 2. The lowest BCUT2D eigenvalue weighted by molar-refractivity contribution is -0.123. The molecule has 0 spiro atoms. The summed E-state index contributed by atoms with van der Waals surface area (Å²) in [5.74, 6) is -1.49. The Balaban J connectivity index is 1.52. The molecule has 0 unspecified atom stereocenters. The molecule has 1 heterocycles. The number of imide groups is 1. The van der Waals surface area contributed by atoms with Gasteiger partial charge in [0.25, 0.3) is 0 Å². The van der Waals surface area contributed by atoms with Gasteiger partial charge in [0.1, 0.15) is 4.90 Å². The highest BCUT2D eigenvalue weighted by atomic mass is 35.5. The summed E-state index contributed by atoms with van der Waals surface area (Å²) in [5.41, 5.74) is 0.100. The third kappa shape index (κ3) is 2.87. The van der Waals surface area contributed by atoms with E-state index in [4.69, 9.17) is 27.4 Å². The fourth-order valence-corrected chi connectivity index (χ4v) is 6.37. The van der Waals surface area contributed by atoms with Crippen LogP contribution in [-0.4, -0.2) is 20.2 Å². The van der Waals surface area contributed by atoms with E-state index < -0.39 is 22.0 Å². The summed E-state index contributed by atoms with van der Waals surface area (Å²) >= 11 is 11.9. The SMILES string of the molecule is O=C1[C@@H]2[C@H](C(=O)N1c1ccccc1OS(=O)(=O)c1cc(Cl)ccc1Cl)[C@@H]1C=C[C@H]2C1. The number of fused-ring (bicyclic) bond motifs is 5. The number of halogens is 2. The monoisotopic (exact) mass is 463 g/mol. The molecule has 4 atom stereocenters. The second kappa shape index (κ2) is 6.83. The van der Waals surface area contributed by atoms with Crippen LogP contribution in [0, 0.1) is 23.7 Å². The summed E-state index contributed by atoms with van der Waals surface area (Å²) in [7, 11) is -4.36. The lowest BCUT2D eigenvalue weighted by atomic mass is 9.85. The Morgan fingerprint density at radius 2 is 1.57 bits per heavy atom. The van der Waals surface area contributed by atoms with Gasteiger partial charge in [-0.2, -0.15) is 8.42 Å². The van der Waals surface area contributed by atoms with Crippen LogP contribution in [0.2, 0.25) is 10.0 Å². The van der Waals surface area contributed by atoms with Crippen molar-refractivity contribution in [1.82, 2.24) is 0 Å². The number of amides is 2. The zero-order valence-corrected chi connectivity index (χ0v) is 17.7. The first-order valence-corrected chi connectivity index (χ1v) is 11.5. The van der Waals surface area contributed by atoms with Crippen molar-refractivity contribution in [2.24, 2.45) is 23.7 Å². The molecule has 9 heteroatoms. The Morgan fingerprint density at radius 1 is 0.933 bits per heavy atom. The smallest absolute Gasteiger partial charge is 0.340 e. The zero-order chi connectivity index (χ0) is 21.2. The highest BCUT2D eigenvalue weighted by Gasteiger charge is 2.60. The van der Waals surface area contributed by atoms with Crippen LogP contribution in [0.3, 0.4) is 0 Å². The van der Waals surface area contributed by atoms with Gasteiger partial charge in [-0.15, -0.1) is 0 Å². The van der Waals surface area contributed by atoms with Crippen molar-refractivity contribution in [2.45, 2.75) is 11.3 Å². The Bertz CT molecular complexity index is 1200. The molecule has 3 aliphatic rings. The van der Waals surface area contributed by atoms with Gasteiger partial charge in [0.05, 0.1) is 22.5 Å². The van der Waals surface area contributed by atoms with Crippen LogP contribution in [0.5, 0.6) is 5.75 Å². The van der Waals surface area contributed by atoms with Crippen molar-refractivity contribution >= 4 is 50.8 Å². The van der Waals surface area contributed by atoms with Gasteiger partial charge >= 0.3 is 10.1 Å². The van der Waals surface area contributed by atoms with E-state index in [1.54, 1.807) is 12.1 Å². The minimum atomic E-state index is -4.36. The van der Waals surface area contributed by atoms with Crippen molar-refractivity contribution in [1.29, 1.82) is 0 Å². The Hall–Kier alpha value is -2.35. The van der Waals surface area contributed by atoms with Gasteiger partial charge in [0.2, 0.25) is 11.8 Å². The summed E-state index contributed by atoms with van der Waals surface area (Å²) in [5, 5.41) is 0.123. The molecule has 5 rings (SSSR count). The molecule has 0 aromatic heterocycles. The van der Waals surface area contributed by atoms with Gasteiger partial charge in [-0.05, 0) is 48.6 Å². The van der Waals surface area contributed by atoms with Crippen LogP contribution < -0.4 is 9.08 Å². The summed E-state index contributed by atoms with van der Waals surface area (Å²) in [6.45, 7) is 0. The predicted octanol–water partition coefficient (Wildman–Crippen LogP) is 4.07. The maximum absolute atomic E-state index is 13.1. The summed E-state index contributed by atoms with van der Waals surface area (Å²) in [4.78, 5) is 27.0. The molecule has 1 aliphatic heterocycles. The standard InChI is InChI=1S/C21H15Cl2NO5S/c22-13-7-8-14(23)17(10-13)30(27,28)29-16-4-2-1-3-15(16)24-20(25)18-11-5-6-12(9-11)19(18)21(24)26/h1-8,10-12,18-19H,9H2/t11-,12+,18-,19+. The van der Waals surface area contributed by atoms with Crippen LogP contribution in [0.25, 0.3) is 0 Å². The predicted molar refractivity (Wildman–Crippen MR) is 111 cm³/mol. The highest BCUT2D eigenvalue weighted by molar-refractivity contribution is 7.87. The number of para-hydroxylation sites is 2. The van der Waals surface area contributed by atoms with Crippen molar-refractivity contribution in [3.63, 3.8) is 0 Å². The number of nitrogens with zero attached hydrogens (tertiary/aromatic N) is 1. The number of hydrogen-bond donors (Lipinski definition) is 0. The van der Waals surface area contributed by atoms with Gasteiger partial charge < -0.3 is 4.18 Å². The van der Waals surface area contributed by atoms with Crippen LogP contribution in [0.1, 0.15) is 6.42 Å². The first-order chi connectivity index (χ1) is 14.3. The molecule has 2 aromatic carbocycles. The fraction of sp³-hybridized carbons (Fsp3) is 0.238. The van der Waals surface area contributed by atoms with Gasteiger partial charge in [0.15, 0.2) is 5.75 Å². The first-order valence-electron chi connectivity index (χ1n) is 9.32.